The van der Waals surface area contributed by atoms with E-state index in [0.29, 0.717) is 5.95 Å². The number of nitrogens with zero attached hydrogens (tertiary/aromatic N) is 3. The summed E-state index contributed by atoms with van der Waals surface area (Å²) in [6.07, 6.45) is 2.70. The summed E-state index contributed by atoms with van der Waals surface area (Å²) >= 11 is 0. The standard InChI is InChI=1S/C13H21N3O/c1-7-10-8-14-12(15-9(10)2)16(6)11(17)13(3,4)5/h8H,7H2,1-6H3. The van der Waals surface area contributed by atoms with Gasteiger partial charge in [0.15, 0.2) is 0 Å². The van der Waals surface area contributed by atoms with E-state index in [1.807, 2.05) is 27.7 Å². The van der Waals surface area contributed by atoms with E-state index in [1.165, 1.54) is 4.90 Å². The van der Waals surface area contributed by atoms with Gasteiger partial charge in [0.2, 0.25) is 11.9 Å². The number of aromatic nitrogens is 2. The van der Waals surface area contributed by atoms with Crippen LogP contribution >= 0.6 is 0 Å². The van der Waals surface area contributed by atoms with E-state index >= 15 is 0 Å². The van der Waals surface area contributed by atoms with E-state index in [9.17, 15) is 4.79 Å². The average Bonchev–Trinajstić information content (AvgIpc) is 2.25. The third-order valence-electron chi connectivity index (χ3n) is 2.70. The highest BCUT2D eigenvalue weighted by Crippen LogP contribution is 2.20. The third kappa shape index (κ3) is 3.02. The highest BCUT2D eigenvalue weighted by molar-refractivity contribution is 5.94. The van der Waals surface area contributed by atoms with Crippen LogP contribution < -0.4 is 4.90 Å². The van der Waals surface area contributed by atoms with Gasteiger partial charge < -0.3 is 0 Å². The van der Waals surface area contributed by atoms with E-state index in [1.54, 1.807) is 13.2 Å². The predicted molar refractivity (Wildman–Crippen MR) is 69.0 cm³/mol. The summed E-state index contributed by atoms with van der Waals surface area (Å²) in [7, 11) is 1.72. The van der Waals surface area contributed by atoms with Crippen LogP contribution in [0.15, 0.2) is 6.20 Å². The molecule has 4 heteroatoms. The Bertz CT molecular complexity index is 421. The van der Waals surface area contributed by atoms with Crippen molar-refractivity contribution in [2.75, 3.05) is 11.9 Å². The first-order valence-electron chi connectivity index (χ1n) is 5.88. The molecule has 1 amide bonds. The number of rotatable bonds is 2. The zero-order valence-electron chi connectivity index (χ0n) is 11.5. The van der Waals surface area contributed by atoms with Crippen molar-refractivity contribution in [3.8, 4) is 0 Å². The van der Waals surface area contributed by atoms with Crippen molar-refractivity contribution in [1.82, 2.24) is 9.97 Å². The lowest BCUT2D eigenvalue weighted by Gasteiger charge is -2.24. The van der Waals surface area contributed by atoms with Gasteiger partial charge in [-0.3, -0.25) is 9.69 Å². The molecule has 0 bridgehead atoms. The molecule has 4 nitrogen and oxygen atoms in total. The maximum Gasteiger partial charge on any atom is 0.234 e. The van der Waals surface area contributed by atoms with Gasteiger partial charge in [0.05, 0.1) is 0 Å². The van der Waals surface area contributed by atoms with Crippen molar-refractivity contribution in [2.45, 2.75) is 41.0 Å². The van der Waals surface area contributed by atoms with Crippen molar-refractivity contribution in [1.29, 1.82) is 0 Å². The molecule has 0 atom stereocenters. The van der Waals surface area contributed by atoms with Crippen molar-refractivity contribution in [3.05, 3.63) is 17.5 Å². The van der Waals surface area contributed by atoms with E-state index < -0.39 is 5.41 Å². The Morgan fingerprint density at radius 1 is 1.41 bits per heavy atom. The first-order valence-corrected chi connectivity index (χ1v) is 5.88. The highest BCUT2D eigenvalue weighted by Gasteiger charge is 2.27. The Morgan fingerprint density at radius 2 is 2.00 bits per heavy atom. The van der Waals surface area contributed by atoms with Crippen LogP contribution in [0.2, 0.25) is 0 Å². The molecule has 0 aliphatic rings. The molecule has 0 aliphatic heterocycles. The first-order chi connectivity index (χ1) is 7.77. The topological polar surface area (TPSA) is 46.1 Å². The van der Waals surface area contributed by atoms with Gasteiger partial charge in [0.25, 0.3) is 0 Å². The summed E-state index contributed by atoms with van der Waals surface area (Å²) in [5.41, 5.74) is 1.63. The highest BCUT2D eigenvalue weighted by atomic mass is 16.2. The van der Waals surface area contributed by atoms with Gasteiger partial charge in [-0.1, -0.05) is 27.7 Å². The Hall–Kier alpha value is -1.45. The molecule has 1 heterocycles. The number of anilines is 1. The van der Waals surface area contributed by atoms with Gasteiger partial charge in [-0.2, -0.15) is 0 Å². The van der Waals surface area contributed by atoms with Gasteiger partial charge in [0.1, 0.15) is 0 Å². The number of amides is 1. The monoisotopic (exact) mass is 235 g/mol. The van der Waals surface area contributed by atoms with Crippen molar-refractivity contribution in [3.63, 3.8) is 0 Å². The number of carbonyl (C=O) groups excluding carboxylic acids is 1. The van der Waals surface area contributed by atoms with Crippen LogP contribution in [-0.4, -0.2) is 22.9 Å². The van der Waals surface area contributed by atoms with Gasteiger partial charge in [0, 0.05) is 24.4 Å². The summed E-state index contributed by atoms with van der Waals surface area (Å²) in [6, 6.07) is 0. The van der Waals surface area contributed by atoms with Gasteiger partial charge in [-0.15, -0.1) is 0 Å². The summed E-state index contributed by atoms with van der Waals surface area (Å²) in [6.45, 7) is 9.67. The second-order valence-corrected chi connectivity index (χ2v) is 5.25. The Morgan fingerprint density at radius 3 is 2.41 bits per heavy atom. The minimum Gasteiger partial charge on any atom is -0.283 e. The van der Waals surface area contributed by atoms with Crippen LogP contribution in [0.5, 0.6) is 0 Å². The smallest absolute Gasteiger partial charge is 0.234 e. The SMILES string of the molecule is CCc1cnc(N(C)C(=O)C(C)(C)C)nc1C. The van der Waals surface area contributed by atoms with Crippen LogP contribution in [0, 0.1) is 12.3 Å². The molecule has 0 radical (unpaired) electrons. The van der Waals surface area contributed by atoms with Gasteiger partial charge in [-0.05, 0) is 18.9 Å². The van der Waals surface area contributed by atoms with Crippen LogP contribution in [0.4, 0.5) is 5.95 Å². The van der Waals surface area contributed by atoms with Crippen LogP contribution in [-0.2, 0) is 11.2 Å². The lowest BCUT2D eigenvalue weighted by molar-refractivity contribution is -0.125. The fraction of sp³-hybridized carbons (Fsp3) is 0.615. The second-order valence-electron chi connectivity index (χ2n) is 5.25. The van der Waals surface area contributed by atoms with Gasteiger partial charge >= 0.3 is 0 Å². The fourth-order valence-electron chi connectivity index (χ4n) is 1.58. The molecule has 1 aromatic heterocycles. The quantitative estimate of drug-likeness (QED) is 0.790. The summed E-state index contributed by atoms with van der Waals surface area (Å²) < 4.78 is 0. The number of hydrogen-bond acceptors (Lipinski definition) is 3. The molecule has 0 saturated heterocycles. The van der Waals surface area contributed by atoms with Crippen molar-refractivity contribution >= 4 is 11.9 Å². The lowest BCUT2D eigenvalue weighted by atomic mass is 9.95. The van der Waals surface area contributed by atoms with E-state index in [2.05, 4.69) is 16.9 Å². The second kappa shape index (κ2) is 4.82. The number of carbonyl (C=O) groups is 1. The maximum absolute atomic E-state index is 12.1. The fourth-order valence-corrected chi connectivity index (χ4v) is 1.58. The molecule has 0 N–H and O–H groups in total. The maximum atomic E-state index is 12.1. The summed E-state index contributed by atoms with van der Waals surface area (Å²) in [5.74, 6) is 0.487. The lowest BCUT2D eigenvalue weighted by Crippen LogP contribution is -2.37. The zero-order valence-corrected chi connectivity index (χ0v) is 11.5. The molecule has 0 aromatic carbocycles. The molecule has 17 heavy (non-hydrogen) atoms. The normalized spacial score (nSPS) is 11.4. The van der Waals surface area contributed by atoms with Gasteiger partial charge in [-0.25, -0.2) is 9.97 Å². The molecule has 1 aromatic rings. The molecule has 0 spiro atoms. The number of aryl methyl sites for hydroxylation is 2. The Kier molecular flexibility index (Phi) is 3.86. The van der Waals surface area contributed by atoms with Crippen molar-refractivity contribution in [2.24, 2.45) is 5.41 Å². The van der Waals surface area contributed by atoms with E-state index in [4.69, 9.17) is 0 Å². The largest absolute Gasteiger partial charge is 0.283 e. The minimum atomic E-state index is -0.421. The third-order valence-corrected chi connectivity index (χ3v) is 2.70. The Labute approximate surface area is 103 Å². The Balaban J connectivity index is 3.02. The first kappa shape index (κ1) is 13.6. The van der Waals surface area contributed by atoms with E-state index in [-0.39, 0.29) is 5.91 Å². The molecule has 1 rings (SSSR count). The summed E-state index contributed by atoms with van der Waals surface area (Å²) in [5, 5.41) is 0. The minimum absolute atomic E-state index is 0.0150. The summed E-state index contributed by atoms with van der Waals surface area (Å²) in [4.78, 5) is 22.2. The molecule has 0 unspecified atom stereocenters. The van der Waals surface area contributed by atoms with Crippen molar-refractivity contribution < 1.29 is 4.79 Å². The predicted octanol–water partition coefficient (Wildman–Crippen LogP) is 2.36. The molecular formula is C13H21N3O. The zero-order chi connectivity index (χ0) is 13.2. The molecular weight excluding hydrogens is 214 g/mol. The van der Waals surface area contributed by atoms with E-state index in [0.717, 1.165) is 17.7 Å². The number of hydrogen-bond donors (Lipinski definition) is 0. The molecule has 0 aliphatic carbocycles. The van der Waals surface area contributed by atoms with Crippen LogP contribution in [0.25, 0.3) is 0 Å². The van der Waals surface area contributed by atoms with Crippen LogP contribution in [0.3, 0.4) is 0 Å². The molecule has 0 saturated carbocycles. The molecule has 0 fully saturated rings. The van der Waals surface area contributed by atoms with Crippen LogP contribution in [0.1, 0.15) is 39.0 Å². The average molecular weight is 235 g/mol. The molecule has 94 valence electrons.